The molecule has 0 N–H and O–H groups in total. The van der Waals surface area contributed by atoms with E-state index >= 15 is 0 Å². The van der Waals surface area contributed by atoms with E-state index in [1.807, 2.05) is 39.9 Å². The number of aromatic nitrogens is 2. The van der Waals surface area contributed by atoms with Crippen molar-refractivity contribution in [3.63, 3.8) is 0 Å². The monoisotopic (exact) mass is 284 g/mol. The van der Waals surface area contributed by atoms with E-state index < -0.39 is 0 Å². The van der Waals surface area contributed by atoms with Crippen LogP contribution in [0.2, 0.25) is 0 Å². The molecule has 1 aliphatic heterocycles. The molecule has 2 heterocycles. The summed E-state index contributed by atoms with van der Waals surface area (Å²) < 4.78 is 7.71. The van der Waals surface area contributed by atoms with Gasteiger partial charge in [0.25, 0.3) is 5.91 Å². The first-order valence-electron chi connectivity index (χ1n) is 6.83. The fourth-order valence-electron chi connectivity index (χ4n) is 2.11. The molecule has 0 radical (unpaired) electrons. The molecule has 2 aromatic rings. The molecule has 1 aliphatic rings. The third-order valence-corrected chi connectivity index (χ3v) is 3.20. The van der Waals surface area contributed by atoms with Gasteiger partial charge in [-0.05, 0) is 30.7 Å². The topological polar surface area (TPSA) is 59.7 Å². The third-order valence-electron chi connectivity index (χ3n) is 3.20. The maximum Gasteiger partial charge on any atom is 0.267 e. The number of hydrogen-bond acceptors (Lipinski definition) is 4. The zero-order valence-corrected chi connectivity index (χ0v) is 11.6. The summed E-state index contributed by atoms with van der Waals surface area (Å²) in [7, 11) is 0. The first-order valence-corrected chi connectivity index (χ1v) is 6.83. The molecule has 21 heavy (non-hydrogen) atoms. The number of carbonyl (C=O) groups is 1. The molecule has 1 aromatic carbocycles. The second-order valence-corrected chi connectivity index (χ2v) is 4.76. The molecule has 6 heteroatoms. The lowest BCUT2D eigenvalue weighted by molar-refractivity contribution is -0.115. The number of aryl methyl sites for hydroxylation is 1. The van der Waals surface area contributed by atoms with Crippen LogP contribution in [0, 0.1) is 0 Å². The van der Waals surface area contributed by atoms with Crippen molar-refractivity contribution in [3.05, 3.63) is 43.0 Å². The SMILES string of the molecule is O=C1CN(c2ccc(OCCCn3ccnc3)cc2)C=N1. The van der Waals surface area contributed by atoms with Crippen LogP contribution in [0.1, 0.15) is 6.42 Å². The van der Waals surface area contributed by atoms with Crippen LogP contribution in [0.4, 0.5) is 5.69 Å². The van der Waals surface area contributed by atoms with Crippen molar-refractivity contribution in [3.8, 4) is 5.75 Å². The second kappa shape index (κ2) is 6.21. The fraction of sp³-hybridized carbons (Fsp3) is 0.267. The summed E-state index contributed by atoms with van der Waals surface area (Å²) in [5, 5.41) is 0. The van der Waals surface area contributed by atoms with Crippen LogP contribution in [0.25, 0.3) is 0 Å². The van der Waals surface area contributed by atoms with E-state index in [0.717, 1.165) is 24.4 Å². The highest BCUT2D eigenvalue weighted by atomic mass is 16.5. The van der Waals surface area contributed by atoms with Crippen LogP contribution in [-0.2, 0) is 11.3 Å². The first-order chi connectivity index (χ1) is 10.3. The highest BCUT2D eigenvalue weighted by Gasteiger charge is 2.14. The van der Waals surface area contributed by atoms with Gasteiger partial charge in [-0.3, -0.25) is 4.79 Å². The average Bonchev–Trinajstić information content (AvgIpc) is 3.16. The summed E-state index contributed by atoms with van der Waals surface area (Å²) in [6.45, 7) is 1.86. The van der Waals surface area contributed by atoms with Crippen molar-refractivity contribution >= 4 is 17.9 Å². The molecule has 0 saturated carbocycles. The van der Waals surface area contributed by atoms with Gasteiger partial charge in [0.2, 0.25) is 0 Å². The zero-order chi connectivity index (χ0) is 14.5. The molecule has 0 spiro atoms. The first kappa shape index (κ1) is 13.4. The van der Waals surface area contributed by atoms with Gasteiger partial charge in [-0.15, -0.1) is 0 Å². The molecule has 3 rings (SSSR count). The van der Waals surface area contributed by atoms with Gasteiger partial charge in [-0.1, -0.05) is 0 Å². The molecule has 0 atom stereocenters. The zero-order valence-electron chi connectivity index (χ0n) is 11.6. The second-order valence-electron chi connectivity index (χ2n) is 4.76. The number of aliphatic imine (C=N–C) groups is 1. The summed E-state index contributed by atoms with van der Waals surface area (Å²) >= 11 is 0. The smallest absolute Gasteiger partial charge is 0.267 e. The molecule has 0 unspecified atom stereocenters. The molecule has 0 aliphatic carbocycles. The van der Waals surface area contributed by atoms with Gasteiger partial charge in [0.1, 0.15) is 12.3 Å². The molecule has 1 amide bonds. The van der Waals surface area contributed by atoms with Crippen molar-refractivity contribution in [2.24, 2.45) is 4.99 Å². The van der Waals surface area contributed by atoms with Crippen molar-refractivity contribution in [2.45, 2.75) is 13.0 Å². The molecular weight excluding hydrogens is 268 g/mol. The van der Waals surface area contributed by atoms with Crippen LogP contribution in [-0.4, -0.2) is 34.9 Å². The predicted octanol–water partition coefficient (Wildman–Crippen LogP) is 1.73. The third kappa shape index (κ3) is 3.47. The highest BCUT2D eigenvalue weighted by molar-refractivity contribution is 6.01. The predicted molar refractivity (Wildman–Crippen MR) is 79.6 cm³/mol. The standard InChI is InChI=1S/C15H16N4O2/c20-15-10-19(12-17-15)13-2-4-14(5-3-13)21-9-1-7-18-8-6-16-11-18/h2-6,8,11-12H,1,7,9-10H2. The minimum atomic E-state index is -0.116. The van der Waals surface area contributed by atoms with Gasteiger partial charge >= 0.3 is 0 Å². The number of hydrogen-bond donors (Lipinski definition) is 0. The van der Waals surface area contributed by atoms with Gasteiger partial charge in [0.15, 0.2) is 0 Å². The van der Waals surface area contributed by atoms with E-state index in [2.05, 4.69) is 9.98 Å². The van der Waals surface area contributed by atoms with Crippen LogP contribution >= 0.6 is 0 Å². The van der Waals surface area contributed by atoms with E-state index in [1.54, 1.807) is 18.9 Å². The number of carbonyl (C=O) groups excluding carboxylic acids is 1. The minimum absolute atomic E-state index is 0.116. The number of benzene rings is 1. The van der Waals surface area contributed by atoms with Gasteiger partial charge in [0.05, 0.1) is 19.3 Å². The average molecular weight is 284 g/mol. The molecule has 0 fully saturated rings. The maximum absolute atomic E-state index is 11.1. The molecule has 1 aromatic heterocycles. The number of rotatable bonds is 6. The highest BCUT2D eigenvalue weighted by Crippen LogP contribution is 2.20. The van der Waals surface area contributed by atoms with E-state index in [1.165, 1.54) is 0 Å². The fourth-order valence-corrected chi connectivity index (χ4v) is 2.11. The number of anilines is 1. The summed E-state index contributed by atoms with van der Waals surface area (Å²) in [4.78, 5) is 20.6. The van der Waals surface area contributed by atoms with E-state index in [-0.39, 0.29) is 5.91 Å². The summed E-state index contributed by atoms with van der Waals surface area (Å²) in [5.41, 5.74) is 0.940. The Hall–Kier alpha value is -2.63. The minimum Gasteiger partial charge on any atom is -0.494 e. The Bertz CT molecular complexity index is 620. The largest absolute Gasteiger partial charge is 0.494 e. The Morgan fingerprint density at radius 1 is 1.24 bits per heavy atom. The molecule has 6 nitrogen and oxygen atoms in total. The number of amides is 1. The van der Waals surface area contributed by atoms with Gasteiger partial charge in [-0.2, -0.15) is 0 Å². The lowest BCUT2D eigenvalue weighted by atomic mass is 10.3. The number of nitrogens with zero attached hydrogens (tertiary/aromatic N) is 4. The Kier molecular flexibility index (Phi) is 3.95. The Morgan fingerprint density at radius 3 is 2.76 bits per heavy atom. The van der Waals surface area contributed by atoms with Crippen molar-refractivity contribution in [1.29, 1.82) is 0 Å². The van der Waals surface area contributed by atoms with Crippen LogP contribution in [0.5, 0.6) is 5.75 Å². The Balaban J connectivity index is 1.46. The van der Waals surface area contributed by atoms with Gasteiger partial charge in [0, 0.05) is 24.6 Å². The van der Waals surface area contributed by atoms with Gasteiger partial charge in [-0.25, -0.2) is 9.98 Å². The summed E-state index contributed by atoms with van der Waals surface area (Å²) in [5.74, 6) is 0.710. The Morgan fingerprint density at radius 2 is 2.10 bits per heavy atom. The number of imidazole rings is 1. The van der Waals surface area contributed by atoms with Crippen molar-refractivity contribution < 1.29 is 9.53 Å². The lowest BCUT2D eigenvalue weighted by Crippen LogP contribution is -2.19. The number of ether oxygens (including phenoxy) is 1. The molecule has 108 valence electrons. The Labute approximate surface area is 122 Å². The molecular formula is C15H16N4O2. The van der Waals surface area contributed by atoms with Crippen molar-refractivity contribution in [2.75, 3.05) is 18.1 Å². The maximum atomic E-state index is 11.1. The molecule has 0 bridgehead atoms. The normalized spacial score (nSPS) is 13.9. The van der Waals surface area contributed by atoms with E-state index in [0.29, 0.717) is 13.2 Å². The van der Waals surface area contributed by atoms with Crippen molar-refractivity contribution in [1.82, 2.24) is 9.55 Å². The summed E-state index contributed by atoms with van der Waals surface area (Å²) in [6.07, 6.45) is 7.99. The van der Waals surface area contributed by atoms with Gasteiger partial charge < -0.3 is 14.2 Å². The van der Waals surface area contributed by atoms with E-state index in [9.17, 15) is 4.79 Å². The van der Waals surface area contributed by atoms with Crippen LogP contribution < -0.4 is 9.64 Å². The van der Waals surface area contributed by atoms with Crippen LogP contribution in [0.15, 0.2) is 48.0 Å². The molecule has 0 saturated heterocycles. The van der Waals surface area contributed by atoms with Crippen LogP contribution in [0.3, 0.4) is 0 Å². The lowest BCUT2D eigenvalue weighted by Gasteiger charge is -2.13. The quantitative estimate of drug-likeness (QED) is 0.758. The van der Waals surface area contributed by atoms with E-state index in [4.69, 9.17) is 4.74 Å². The summed E-state index contributed by atoms with van der Waals surface area (Å²) in [6, 6.07) is 7.66.